The van der Waals surface area contributed by atoms with E-state index in [0.29, 0.717) is 12.3 Å². The predicted molar refractivity (Wildman–Crippen MR) is 117 cm³/mol. The Morgan fingerprint density at radius 2 is 1.53 bits per heavy atom. The minimum Gasteiger partial charge on any atom is -0.483 e. The number of amides is 2. The maximum atomic E-state index is 12.2. The molecule has 2 amide bonds. The van der Waals surface area contributed by atoms with E-state index in [1.807, 2.05) is 18.2 Å². The highest BCUT2D eigenvalue weighted by atomic mass is 16.3. The number of carbonyl (C=O) groups is 3. The van der Waals surface area contributed by atoms with Crippen molar-refractivity contribution in [3.8, 4) is 11.1 Å². The fraction of sp³-hybridized carbons (Fsp3) is 0.261. The molecule has 0 aliphatic rings. The van der Waals surface area contributed by atoms with Crippen LogP contribution in [0, 0.1) is 5.92 Å². The first-order chi connectivity index (χ1) is 14.3. The minimum absolute atomic E-state index is 0.0834. The molecule has 7 heteroatoms. The summed E-state index contributed by atoms with van der Waals surface area (Å²) in [5.41, 5.74) is 13.9. The van der Waals surface area contributed by atoms with Gasteiger partial charge in [0, 0.05) is 12.1 Å². The van der Waals surface area contributed by atoms with Crippen molar-refractivity contribution >= 4 is 18.3 Å². The van der Waals surface area contributed by atoms with E-state index in [2.05, 4.69) is 55.6 Å². The van der Waals surface area contributed by atoms with Crippen molar-refractivity contribution in [3.63, 3.8) is 0 Å². The van der Waals surface area contributed by atoms with Crippen LogP contribution in [0.4, 0.5) is 0 Å². The maximum Gasteiger partial charge on any atom is 0.290 e. The van der Waals surface area contributed by atoms with Crippen LogP contribution in [0.15, 0.2) is 66.4 Å². The molecule has 0 aromatic heterocycles. The second kappa shape index (κ2) is 12.8. The molecule has 0 saturated heterocycles. The van der Waals surface area contributed by atoms with Crippen molar-refractivity contribution in [3.05, 3.63) is 71.9 Å². The Bertz CT molecular complexity index is 847. The Morgan fingerprint density at radius 1 is 1.00 bits per heavy atom. The van der Waals surface area contributed by atoms with Crippen LogP contribution in [-0.4, -0.2) is 29.4 Å². The number of carboxylic acid groups (broad SMARTS) is 1. The zero-order valence-electron chi connectivity index (χ0n) is 17.2. The van der Waals surface area contributed by atoms with Crippen LogP contribution in [0.5, 0.6) is 0 Å². The van der Waals surface area contributed by atoms with Crippen LogP contribution in [0.1, 0.15) is 25.8 Å². The lowest BCUT2D eigenvalue weighted by Gasteiger charge is -2.21. The van der Waals surface area contributed by atoms with E-state index in [-0.39, 0.29) is 18.2 Å². The Morgan fingerprint density at radius 3 is 2.03 bits per heavy atom. The first-order valence-electron chi connectivity index (χ1n) is 9.56. The number of carbonyl (C=O) groups excluding carboxylic acids is 2. The zero-order valence-corrected chi connectivity index (χ0v) is 17.2. The first kappa shape index (κ1) is 24.4. The van der Waals surface area contributed by atoms with Crippen molar-refractivity contribution in [1.29, 1.82) is 0 Å². The van der Waals surface area contributed by atoms with Gasteiger partial charge in [-0.15, -0.1) is 0 Å². The molecule has 6 N–H and O–H groups in total. The average Bonchev–Trinajstić information content (AvgIpc) is 2.69. The topological polar surface area (TPSA) is 136 Å². The van der Waals surface area contributed by atoms with E-state index in [1.165, 1.54) is 5.56 Å². The number of hydrogen-bond acceptors (Lipinski definition) is 4. The number of benzene rings is 2. The third-order valence-corrected chi connectivity index (χ3v) is 4.19. The quantitative estimate of drug-likeness (QED) is 0.391. The standard InChI is InChI=1S/C22H27N3O2.CH2O2/c1-15(2)12-19(25-22(27)20(23)14-21(24)26)13-16-8-10-18(11-9-16)17-6-4-3-5-7-17;2-1-3/h3-11,14-15,19H,12-13,23H2,1-2H3,(H2,24,26)(H,25,27);1H,(H,2,3)/b20-14-;/t19-;/m0./s1. The van der Waals surface area contributed by atoms with E-state index in [0.717, 1.165) is 23.6 Å². The van der Waals surface area contributed by atoms with Gasteiger partial charge in [-0.25, -0.2) is 0 Å². The molecule has 1 atom stereocenters. The minimum atomic E-state index is -0.737. The molecule has 0 aliphatic heterocycles. The molecular formula is C23H29N3O4. The smallest absolute Gasteiger partial charge is 0.290 e. The lowest BCUT2D eigenvalue weighted by molar-refractivity contribution is -0.123. The number of hydrogen-bond donors (Lipinski definition) is 4. The van der Waals surface area contributed by atoms with Crippen LogP contribution in [0.2, 0.25) is 0 Å². The molecule has 0 aliphatic carbocycles. The van der Waals surface area contributed by atoms with Gasteiger partial charge in [0.05, 0.1) is 0 Å². The van der Waals surface area contributed by atoms with Gasteiger partial charge in [0.15, 0.2) is 0 Å². The Kier molecular flexibility index (Phi) is 10.4. The van der Waals surface area contributed by atoms with Crippen molar-refractivity contribution < 1.29 is 19.5 Å². The van der Waals surface area contributed by atoms with E-state index in [1.54, 1.807) is 0 Å². The van der Waals surface area contributed by atoms with Gasteiger partial charge in [-0.1, -0.05) is 68.4 Å². The highest BCUT2D eigenvalue weighted by molar-refractivity contribution is 5.99. The third-order valence-electron chi connectivity index (χ3n) is 4.19. The molecule has 160 valence electrons. The SMILES string of the molecule is CC(C)C[C@@H](Cc1ccc(-c2ccccc2)cc1)NC(=O)/C(N)=C/C(N)=O.O=CO. The highest BCUT2D eigenvalue weighted by Gasteiger charge is 2.16. The van der Waals surface area contributed by atoms with E-state index in [9.17, 15) is 9.59 Å². The molecule has 0 saturated carbocycles. The van der Waals surface area contributed by atoms with E-state index in [4.69, 9.17) is 21.4 Å². The number of primary amides is 1. The average molecular weight is 412 g/mol. The highest BCUT2D eigenvalue weighted by Crippen LogP contribution is 2.20. The maximum absolute atomic E-state index is 12.2. The van der Waals surface area contributed by atoms with Gasteiger partial charge in [0.1, 0.15) is 5.70 Å². The summed E-state index contributed by atoms with van der Waals surface area (Å²) in [6.07, 6.45) is 2.43. The van der Waals surface area contributed by atoms with Crippen LogP contribution in [0.3, 0.4) is 0 Å². The monoisotopic (exact) mass is 411 g/mol. The number of nitrogens with two attached hydrogens (primary N) is 2. The lowest BCUT2D eigenvalue weighted by atomic mass is 9.95. The fourth-order valence-corrected chi connectivity index (χ4v) is 3.00. The van der Waals surface area contributed by atoms with Gasteiger partial charge in [-0.3, -0.25) is 14.4 Å². The van der Waals surface area contributed by atoms with Gasteiger partial charge in [-0.2, -0.15) is 0 Å². The fourth-order valence-electron chi connectivity index (χ4n) is 3.00. The summed E-state index contributed by atoms with van der Waals surface area (Å²) in [7, 11) is 0. The lowest BCUT2D eigenvalue weighted by Crippen LogP contribution is -2.40. The Hall–Kier alpha value is -3.61. The molecule has 2 aromatic carbocycles. The summed E-state index contributed by atoms with van der Waals surface area (Å²) in [5, 5.41) is 9.80. The van der Waals surface area contributed by atoms with Gasteiger partial charge < -0.3 is 21.9 Å². The molecule has 2 rings (SSSR count). The Labute approximate surface area is 176 Å². The summed E-state index contributed by atoms with van der Waals surface area (Å²) < 4.78 is 0. The zero-order chi connectivity index (χ0) is 22.5. The summed E-state index contributed by atoms with van der Waals surface area (Å²) in [5.74, 6) is -0.805. The van der Waals surface area contributed by atoms with Gasteiger partial charge in [0.25, 0.3) is 12.4 Å². The van der Waals surface area contributed by atoms with Crippen LogP contribution in [-0.2, 0) is 20.8 Å². The normalized spacial score (nSPS) is 11.8. The molecule has 7 nitrogen and oxygen atoms in total. The summed E-state index contributed by atoms with van der Waals surface area (Å²) >= 11 is 0. The second-order valence-corrected chi connectivity index (χ2v) is 7.17. The number of nitrogens with one attached hydrogen (secondary N) is 1. The van der Waals surface area contributed by atoms with Crippen molar-refractivity contribution in [2.75, 3.05) is 0 Å². The second-order valence-electron chi connectivity index (χ2n) is 7.17. The van der Waals surface area contributed by atoms with E-state index < -0.39 is 11.8 Å². The summed E-state index contributed by atoms with van der Waals surface area (Å²) in [6.45, 7) is 3.94. The van der Waals surface area contributed by atoms with Crippen molar-refractivity contribution in [2.45, 2.75) is 32.7 Å². The molecule has 0 unspecified atom stereocenters. The van der Waals surface area contributed by atoms with Gasteiger partial charge in [-0.05, 0) is 35.4 Å². The van der Waals surface area contributed by atoms with Crippen molar-refractivity contribution in [1.82, 2.24) is 5.32 Å². The Balaban J connectivity index is 0.00000141. The number of rotatable bonds is 8. The van der Waals surface area contributed by atoms with Crippen molar-refractivity contribution in [2.24, 2.45) is 17.4 Å². The van der Waals surface area contributed by atoms with Gasteiger partial charge in [0.2, 0.25) is 5.91 Å². The molecule has 0 fully saturated rings. The largest absolute Gasteiger partial charge is 0.483 e. The summed E-state index contributed by atoms with van der Waals surface area (Å²) in [4.78, 5) is 31.5. The third kappa shape index (κ3) is 9.05. The molecule has 0 radical (unpaired) electrons. The molecule has 0 heterocycles. The van der Waals surface area contributed by atoms with E-state index >= 15 is 0 Å². The molecular weight excluding hydrogens is 382 g/mol. The van der Waals surface area contributed by atoms with Gasteiger partial charge >= 0.3 is 0 Å². The van der Waals surface area contributed by atoms with Crippen LogP contribution < -0.4 is 16.8 Å². The molecule has 0 spiro atoms. The van der Waals surface area contributed by atoms with Crippen LogP contribution in [0.25, 0.3) is 11.1 Å². The molecule has 30 heavy (non-hydrogen) atoms. The van der Waals surface area contributed by atoms with Crippen LogP contribution >= 0.6 is 0 Å². The summed E-state index contributed by atoms with van der Waals surface area (Å²) in [6, 6.07) is 18.4. The molecule has 0 bridgehead atoms. The molecule has 2 aromatic rings. The predicted octanol–water partition coefficient (Wildman–Crippen LogP) is 2.46. The first-order valence-corrected chi connectivity index (χ1v) is 9.56.